The molecule has 0 aromatic heterocycles. The molecule has 29 heavy (non-hydrogen) atoms. The van der Waals surface area contributed by atoms with E-state index >= 15 is 0 Å². The quantitative estimate of drug-likeness (QED) is 0.670. The molecule has 5 nitrogen and oxygen atoms in total. The fourth-order valence-corrected chi connectivity index (χ4v) is 6.90. The SMILES string of the molecule is C[C@H]1[C@@H](O)[C@@]2(OC1(C)C)O[C@]13CC[C@H]([C@@H]2C)[C@@]1(C)C=Cc1c3ccc(O)c1CO. The van der Waals surface area contributed by atoms with E-state index in [1.807, 2.05) is 32.9 Å². The van der Waals surface area contributed by atoms with E-state index in [4.69, 9.17) is 9.47 Å². The van der Waals surface area contributed by atoms with E-state index in [2.05, 4.69) is 19.9 Å². The van der Waals surface area contributed by atoms with Crippen LogP contribution in [0.3, 0.4) is 0 Å². The number of hydrogen-bond donors (Lipinski definition) is 3. The number of fused-ring (bicyclic) bond motifs is 1. The lowest BCUT2D eigenvalue weighted by molar-refractivity contribution is -0.382. The average Bonchev–Trinajstić information content (AvgIpc) is 2.99. The molecule has 2 saturated heterocycles. The fourth-order valence-electron chi connectivity index (χ4n) is 6.90. The molecule has 2 aliphatic carbocycles. The van der Waals surface area contributed by atoms with Crippen LogP contribution in [0.25, 0.3) is 6.08 Å². The van der Waals surface area contributed by atoms with Crippen LogP contribution in [-0.2, 0) is 21.7 Å². The van der Waals surface area contributed by atoms with E-state index in [1.165, 1.54) is 0 Å². The first-order valence-corrected chi connectivity index (χ1v) is 10.8. The van der Waals surface area contributed by atoms with Crippen LogP contribution in [0.5, 0.6) is 5.75 Å². The molecule has 2 bridgehead atoms. The van der Waals surface area contributed by atoms with Crippen LogP contribution in [0.4, 0.5) is 0 Å². The first-order valence-electron chi connectivity index (χ1n) is 10.8. The molecule has 1 saturated carbocycles. The molecular formula is C24H32O5. The Morgan fingerprint density at radius 2 is 1.83 bits per heavy atom. The second kappa shape index (κ2) is 5.64. The maximum atomic E-state index is 11.4. The van der Waals surface area contributed by atoms with Gasteiger partial charge in [0, 0.05) is 22.8 Å². The van der Waals surface area contributed by atoms with Crippen molar-refractivity contribution in [2.45, 2.75) is 77.2 Å². The molecule has 0 unspecified atom stereocenters. The third kappa shape index (κ3) is 2.05. The highest BCUT2D eigenvalue weighted by atomic mass is 16.7. The molecule has 1 aromatic carbocycles. The largest absolute Gasteiger partial charge is 0.508 e. The summed E-state index contributed by atoms with van der Waals surface area (Å²) in [6.07, 6.45) is 5.30. The predicted molar refractivity (Wildman–Crippen MR) is 109 cm³/mol. The van der Waals surface area contributed by atoms with Gasteiger partial charge in [-0.15, -0.1) is 0 Å². The molecule has 3 N–H and O–H groups in total. The first-order chi connectivity index (χ1) is 13.5. The van der Waals surface area contributed by atoms with E-state index < -0.39 is 23.1 Å². The van der Waals surface area contributed by atoms with E-state index in [-0.39, 0.29) is 29.6 Å². The van der Waals surface area contributed by atoms with Crippen LogP contribution in [0.2, 0.25) is 0 Å². The monoisotopic (exact) mass is 400 g/mol. The summed E-state index contributed by atoms with van der Waals surface area (Å²) in [6, 6.07) is 3.58. The maximum Gasteiger partial charge on any atom is 0.199 e. The second-order valence-electron chi connectivity index (χ2n) is 10.3. The second-order valence-corrected chi connectivity index (χ2v) is 10.3. The summed E-state index contributed by atoms with van der Waals surface area (Å²) in [5.74, 6) is -0.706. The summed E-state index contributed by atoms with van der Waals surface area (Å²) in [7, 11) is 0. The number of aromatic hydroxyl groups is 1. The van der Waals surface area contributed by atoms with Gasteiger partial charge < -0.3 is 24.8 Å². The van der Waals surface area contributed by atoms with Crippen molar-refractivity contribution in [3.8, 4) is 5.75 Å². The van der Waals surface area contributed by atoms with Crippen molar-refractivity contribution >= 4 is 6.08 Å². The van der Waals surface area contributed by atoms with Gasteiger partial charge in [-0.05, 0) is 49.8 Å². The van der Waals surface area contributed by atoms with E-state index in [9.17, 15) is 15.3 Å². The van der Waals surface area contributed by atoms with Crippen LogP contribution < -0.4 is 0 Å². The van der Waals surface area contributed by atoms with Crippen molar-refractivity contribution in [1.29, 1.82) is 0 Å². The standard InChI is InChI=1S/C24H32O5/c1-13-17-9-11-23(29-24(13)20(27)14(2)21(3,4)28-24)18-6-7-19(26)16(12-25)15(18)8-10-22(17,23)5/h6-8,10,13-14,17,20,25-27H,9,11-12H2,1-5H3/t13-,14-,17+,20+,22+,23-,24-/m0/s1. The molecule has 1 aromatic rings. The summed E-state index contributed by atoms with van der Waals surface area (Å²) in [5.41, 5.74) is 0.939. The Hall–Kier alpha value is -1.40. The lowest BCUT2D eigenvalue weighted by Crippen LogP contribution is -2.64. The van der Waals surface area contributed by atoms with Crippen molar-refractivity contribution in [1.82, 2.24) is 0 Å². The van der Waals surface area contributed by atoms with Crippen molar-refractivity contribution in [2.75, 3.05) is 0 Å². The van der Waals surface area contributed by atoms with Gasteiger partial charge in [-0.3, -0.25) is 0 Å². The average molecular weight is 401 g/mol. The molecule has 1 spiro atoms. The minimum absolute atomic E-state index is 0.0305. The van der Waals surface area contributed by atoms with Crippen LogP contribution in [0.15, 0.2) is 18.2 Å². The normalized spacial score (nSPS) is 46.7. The van der Waals surface area contributed by atoms with Crippen molar-refractivity contribution in [3.63, 3.8) is 0 Å². The molecule has 2 heterocycles. The number of hydrogen-bond acceptors (Lipinski definition) is 5. The Balaban J connectivity index is 1.74. The lowest BCUT2D eigenvalue weighted by atomic mass is 9.57. The third-order valence-electron chi connectivity index (χ3n) is 8.95. The van der Waals surface area contributed by atoms with Gasteiger partial charge in [0.15, 0.2) is 5.79 Å². The first kappa shape index (κ1) is 19.6. The summed E-state index contributed by atoms with van der Waals surface area (Å²) in [5, 5.41) is 31.5. The molecule has 5 heteroatoms. The van der Waals surface area contributed by atoms with Gasteiger partial charge in [-0.1, -0.05) is 39.0 Å². The highest BCUT2D eigenvalue weighted by Crippen LogP contribution is 2.71. The van der Waals surface area contributed by atoms with Crippen LogP contribution in [-0.4, -0.2) is 32.8 Å². The van der Waals surface area contributed by atoms with Gasteiger partial charge in [-0.2, -0.15) is 0 Å². The Bertz CT molecular complexity index is 907. The number of aliphatic hydroxyl groups excluding tert-OH is 2. The zero-order valence-corrected chi connectivity index (χ0v) is 17.9. The van der Waals surface area contributed by atoms with E-state index in [0.717, 1.165) is 24.0 Å². The van der Waals surface area contributed by atoms with Crippen LogP contribution >= 0.6 is 0 Å². The summed E-state index contributed by atoms with van der Waals surface area (Å²) in [4.78, 5) is 0. The van der Waals surface area contributed by atoms with E-state index in [1.54, 1.807) is 6.07 Å². The molecule has 0 amide bonds. The molecule has 4 aliphatic rings. The molecule has 2 aliphatic heterocycles. The highest BCUT2D eigenvalue weighted by Gasteiger charge is 2.74. The van der Waals surface area contributed by atoms with Gasteiger partial charge in [-0.25, -0.2) is 0 Å². The molecule has 7 atom stereocenters. The number of ether oxygens (including phenoxy) is 2. The fraction of sp³-hybridized carbons (Fsp3) is 0.667. The smallest absolute Gasteiger partial charge is 0.199 e. The predicted octanol–water partition coefficient (Wildman–Crippen LogP) is 3.69. The van der Waals surface area contributed by atoms with E-state index in [0.29, 0.717) is 11.5 Å². The Labute approximate surface area is 172 Å². The van der Waals surface area contributed by atoms with Gasteiger partial charge in [0.25, 0.3) is 0 Å². The number of rotatable bonds is 1. The molecule has 3 fully saturated rings. The van der Waals surface area contributed by atoms with Gasteiger partial charge in [0.05, 0.1) is 12.2 Å². The topological polar surface area (TPSA) is 79.2 Å². The Morgan fingerprint density at radius 1 is 1.10 bits per heavy atom. The number of aliphatic hydroxyl groups is 2. The van der Waals surface area contributed by atoms with Crippen molar-refractivity contribution in [2.24, 2.45) is 23.2 Å². The Morgan fingerprint density at radius 3 is 2.45 bits per heavy atom. The molecule has 0 radical (unpaired) electrons. The summed E-state index contributed by atoms with van der Waals surface area (Å²) in [6.45, 7) is 10.2. The zero-order valence-electron chi connectivity index (χ0n) is 17.9. The van der Waals surface area contributed by atoms with Crippen molar-refractivity contribution < 1.29 is 24.8 Å². The maximum absolute atomic E-state index is 11.4. The highest BCUT2D eigenvalue weighted by molar-refractivity contribution is 5.67. The minimum Gasteiger partial charge on any atom is -0.508 e. The third-order valence-corrected chi connectivity index (χ3v) is 8.95. The van der Waals surface area contributed by atoms with Crippen LogP contribution in [0, 0.1) is 23.2 Å². The number of benzene rings is 1. The van der Waals surface area contributed by atoms with Crippen molar-refractivity contribution in [3.05, 3.63) is 34.9 Å². The van der Waals surface area contributed by atoms with Gasteiger partial charge in [0.1, 0.15) is 17.5 Å². The Kier molecular flexibility index (Phi) is 3.80. The number of phenols is 1. The molecular weight excluding hydrogens is 368 g/mol. The molecule has 5 rings (SSSR count). The van der Waals surface area contributed by atoms with Gasteiger partial charge >= 0.3 is 0 Å². The van der Waals surface area contributed by atoms with Crippen LogP contribution in [0.1, 0.15) is 64.2 Å². The molecule has 158 valence electrons. The summed E-state index contributed by atoms with van der Waals surface area (Å²) >= 11 is 0. The minimum atomic E-state index is -1.07. The lowest BCUT2D eigenvalue weighted by Gasteiger charge is -2.59. The zero-order chi connectivity index (χ0) is 21.0. The van der Waals surface area contributed by atoms with Gasteiger partial charge in [0.2, 0.25) is 0 Å². The summed E-state index contributed by atoms with van der Waals surface area (Å²) < 4.78 is 13.6.